The smallest absolute Gasteiger partial charge is 0.229 e. The van der Waals surface area contributed by atoms with E-state index in [-0.39, 0.29) is 11.8 Å². The van der Waals surface area contributed by atoms with Gasteiger partial charge in [-0.1, -0.05) is 6.92 Å². The van der Waals surface area contributed by atoms with Crippen molar-refractivity contribution in [2.75, 3.05) is 38.5 Å². The SMILES string of the molecule is COc1cc2c(cc1NC(=S)N(C)C)CCC(C)C(=O)N2C. The minimum absolute atomic E-state index is 0.0302. The lowest BCUT2D eigenvalue weighted by molar-refractivity contribution is -0.121. The molecule has 0 radical (unpaired) electrons. The van der Waals surface area contributed by atoms with Crippen LogP contribution in [0.4, 0.5) is 11.4 Å². The van der Waals surface area contributed by atoms with Gasteiger partial charge >= 0.3 is 0 Å². The van der Waals surface area contributed by atoms with Crippen LogP contribution < -0.4 is 15.0 Å². The van der Waals surface area contributed by atoms with Gasteiger partial charge in [-0.05, 0) is 36.7 Å². The summed E-state index contributed by atoms with van der Waals surface area (Å²) in [6, 6.07) is 3.94. The molecule has 0 aliphatic carbocycles. The third kappa shape index (κ3) is 3.16. The molecule has 0 bridgehead atoms. The number of hydrogen-bond acceptors (Lipinski definition) is 3. The van der Waals surface area contributed by atoms with Crippen LogP contribution in [0.5, 0.6) is 5.75 Å². The van der Waals surface area contributed by atoms with Crippen LogP contribution >= 0.6 is 12.2 Å². The number of rotatable bonds is 2. The zero-order chi connectivity index (χ0) is 16.4. The Kier molecular flexibility index (Phi) is 4.90. The number of thiocarbonyl (C=S) groups is 1. The van der Waals surface area contributed by atoms with Crippen molar-refractivity contribution < 1.29 is 9.53 Å². The quantitative estimate of drug-likeness (QED) is 0.848. The Morgan fingerprint density at radius 1 is 1.45 bits per heavy atom. The molecule has 1 amide bonds. The number of carbonyl (C=O) groups is 1. The van der Waals surface area contributed by atoms with Gasteiger partial charge in [-0.15, -0.1) is 0 Å². The van der Waals surface area contributed by atoms with Gasteiger partial charge in [-0.2, -0.15) is 0 Å². The van der Waals surface area contributed by atoms with E-state index in [1.54, 1.807) is 12.0 Å². The van der Waals surface area contributed by atoms with Gasteiger partial charge in [0.15, 0.2) is 5.11 Å². The second kappa shape index (κ2) is 6.52. The normalized spacial score (nSPS) is 17.6. The van der Waals surface area contributed by atoms with Gasteiger partial charge in [0.2, 0.25) is 5.91 Å². The predicted octanol–water partition coefficient (Wildman–Crippen LogP) is 2.50. The highest BCUT2D eigenvalue weighted by Crippen LogP contribution is 2.37. The molecule has 120 valence electrons. The van der Waals surface area contributed by atoms with Gasteiger partial charge in [0.1, 0.15) is 5.75 Å². The standard InChI is InChI=1S/C16H23N3O2S/c1-10-6-7-11-8-12(17-16(22)18(2)3)14(21-5)9-13(11)19(4)15(10)20/h8-10H,6-7H2,1-5H3,(H,17,22). The Morgan fingerprint density at radius 3 is 2.73 bits per heavy atom. The lowest BCUT2D eigenvalue weighted by Crippen LogP contribution is -2.30. The summed E-state index contributed by atoms with van der Waals surface area (Å²) < 4.78 is 5.46. The molecule has 1 aliphatic heterocycles. The van der Waals surface area contributed by atoms with E-state index in [0.717, 1.165) is 29.8 Å². The predicted molar refractivity (Wildman–Crippen MR) is 93.8 cm³/mol. The Labute approximate surface area is 137 Å². The second-order valence-electron chi connectivity index (χ2n) is 5.84. The van der Waals surface area contributed by atoms with E-state index in [2.05, 4.69) is 5.32 Å². The zero-order valence-corrected chi connectivity index (χ0v) is 14.6. The highest BCUT2D eigenvalue weighted by molar-refractivity contribution is 7.80. The second-order valence-corrected chi connectivity index (χ2v) is 6.23. The Morgan fingerprint density at radius 2 is 2.14 bits per heavy atom. The molecule has 0 aromatic heterocycles. The summed E-state index contributed by atoms with van der Waals surface area (Å²) >= 11 is 5.30. The van der Waals surface area contributed by atoms with Crippen LogP contribution in [0.25, 0.3) is 0 Å². The minimum atomic E-state index is 0.0302. The summed E-state index contributed by atoms with van der Waals surface area (Å²) in [5.74, 6) is 0.852. The van der Waals surface area contributed by atoms with Crippen molar-refractivity contribution in [3.63, 3.8) is 0 Å². The van der Waals surface area contributed by atoms with Gasteiger partial charge in [0.05, 0.1) is 18.5 Å². The molecule has 1 atom stereocenters. The van der Waals surface area contributed by atoms with Crippen LogP contribution in [0, 0.1) is 5.92 Å². The molecule has 1 heterocycles. The van der Waals surface area contributed by atoms with Crippen LogP contribution in [0.3, 0.4) is 0 Å². The molecule has 0 saturated heterocycles. The number of nitrogens with zero attached hydrogens (tertiary/aromatic N) is 2. The maximum absolute atomic E-state index is 12.3. The highest BCUT2D eigenvalue weighted by Gasteiger charge is 2.26. The first-order chi connectivity index (χ1) is 10.3. The third-order valence-corrected chi connectivity index (χ3v) is 4.48. The molecule has 22 heavy (non-hydrogen) atoms. The number of nitrogens with one attached hydrogen (secondary N) is 1. The van der Waals surface area contributed by atoms with Gasteiger partial charge in [0.25, 0.3) is 0 Å². The van der Waals surface area contributed by atoms with E-state index < -0.39 is 0 Å². The number of fused-ring (bicyclic) bond motifs is 1. The molecular weight excluding hydrogens is 298 g/mol. The van der Waals surface area contributed by atoms with Crippen molar-refractivity contribution in [1.82, 2.24) is 4.90 Å². The number of benzene rings is 1. The first-order valence-corrected chi connectivity index (χ1v) is 7.72. The summed E-state index contributed by atoms with van der Waals surface area (Å²) in [7, 11) is 7.21. The zero-order valence-electron chi connectivity index (χ0n) is 13.8. The number of anilines is 2. The molecule has 1 aliphatic rings. The first kappa shape index (κ1) is 16.5. The van der Waals surface area contributed by atoms with E-state index >= 15 is 0 Å². The van der Waals surface area contributed by atoms with Crippen molar-refractivity contribution in [2.45, 2.75) is 19.8 Å². The van der Waals surface area contributed by atoms with Crippen molar-refractivity contribution in [3.8, 4) is 5.75 Å². The molecule has 0 saturated carbocycles. The monoisotopic (exact) mass is 321 g/mol. The Bertz CT molecular complexity index is 601. The average molecular weight is 321 g/mol. The maximum atomic E-state index is 12.3. The fourth-order valence-corrected chi connectivity index (χ4v) is 2.67. The van der Waals surface area contributed by atoms with E-state index in [4.69, 9.17) is 17.0 Å². The van der Waals surface area contributed by atoms with Gasteiger partial charge < -0.3 is 19.9 Å². The molecule has 1 N–H and O–H groups in total. The summed E-state index contributed by atoms with van der Waals surface area (Å²) in [6.45, 7) is 1.97. The van der Waals surface area contributed by atoms with Crippen LogP contribution in [0.2, 0.25) is 0 Å². The first-order valence-electron chi connectivity index (χ1n) is 7.32. The fourth-order valence-electron chi connectivity index (χ4n) is 2.56. The number of hydrogen-bond donors (Lipinski definition) is 1. The van der Waals surface area contributed by atoms with E-state index in [1.165, 1.54) is 0 Å². The summed E-state index contributed by atoms with van der Waals surface area (Å²) in [4.78, 5) is 15.9. The molecular formula is C16H23N3O2S. The number of aryl methyl sites for hydroxylation is 1. The van der Waals surface area contributed by atoms with Gasteiger partial charge in [-0.25, -0.2) is 0 Å². The van der Waals surface area contributed by atoms with E-state index in [0.29, 0.717) is 10.9 Å². The number of methoxy groups -OCH3 is 1. The molecule has 0 fully saturated rings. The van der Waals surface area contributed by atoms with E-state index in [1.807, 2.05) is 45.1 Å². The third-order valence-electron chi connectivity index (χ3n) is 4.01. The number of amides is 1. The number of ether oxygens (including phenoxy) is 1. The van der Waals surface area contributed by atoms with Crippen molar-refractivity contribution in [3.05, 3.63) is 17.7 Å². The lowest BCUT2D eigenvalue weighted by atomic mass is 10.0. The molecule has 6 heteroatoms. The molecule has 2 rings (SSSR count). The highest BCUT2D eigenvalue weighted by atomic mass is 32.1. The molecule has 1 aromatic rings. The fraction of sp³-hybridized carbons (Fsp3) is 0.500. The topological polar surface area (TPSA) is 44.8 Å². The Balaban J connectivity index is 2.44. The maximum Gasteiger partial charge on any atom is 0.229 e. The number of carbonyl (C=O) groups excluding carboxylic acids is 1. The largest absolute Gasteiger partial charge is 0.494 e. The van der Waals surface area contributed by atoms with E-state index in [9.17, 15) is 4.79 Å². The lowest BCUT2D eigenvalue weighted by Gasteiger charge is -2.23. The van der Waals surface area contributed by atoms with Gasteiger partial charge in [-0.3, -0.25) is 4.79 Å². The van der Waals surface area contributed by atoms with Crippen molar-refractivity contribution in [1.29, 1.82) is 0 Å². The molecule has 1 aromatic carbocycles. The summed E-state index contributed by atoms with van der Waals surface area (Å²) in [5.41, 5.74) is 2.87. The van der Waals surface area contributed by atoms with Crippen LogP contribution in [-0.4, -0.2) is 44.2 Å². The Hall–Kier alpha value is -1.82. The average Bonchev–Trinajstić information content (AvgIpc) is 2.59. The van der Waals surface area contributed by atoms with Crippen LogP contribution in [-0.2, 0) is 11.2 Å². The van der Waals surface area contributed by atoms with Gasteiger partial charge in [0, 0.05) is 33.1 Å². The molecule has 0 spiro atoms. The molecule has 1 unspecified atom stereocenters. The minimum Gasteiger partial charge on any atom is -0.494 e. The van der Waals surface area contributed by atoms with Crippen LogP contribution in [0.15, 0.2) is 12.1 Å². The van der Waals surface area contributed by atoms with Crippen molar-refractivity contribution >= 4 is 34.6 Å². The summed E-state index contributed by atoms with van der Waals surface area (Å²) in [6.07, 6.45) is 1.71. The summed E-state index contributed by atoms with van der Waals surface area (Å²) in [5, 5.41) is 3.81. The van der Waals surface area contributed by atoms with Crippen LogP contribution in [0.1, 0.15) is 18.9 Å². The van der Waals surface area contributed by atoms with Crippen molar-refractivity contribution in [2.24, 2.45) is 5.92 Å². The molecule has 5 nitrogen and oxygen atoms in total.